The maximum Gasteiger partial charge on any atom is 0.573 e. The molecule has 0 heterocycles. The summed E-state index contributed by atoms with van der Waals surface area (Å²) in [6.07, 6.45) is -4.97. The Balaban J connectivity index is 3.29. The second-order valence-electron chi connectivity index (χ2n) is 2.69. The van der Waals surface area contributed by atoms with E-state index in [2.05, 4.69) is 20.7 Å². The Kier molecular flexibility index (Phi) is 3.32. The van der Waals surface area contributed by atoms with Crippen molar-refractivity contribution in [3.05, 3.63) is 22.2 Å². The minimum atomic E-state index is -4.97. The minimum Gasteiger partial charge on any atom is -0.477 e. The van der Waals surface area contributed by atoms with Crippen molar-refractivity contribution >= 4 is 27.6 Å². The molecular weight excluding hydrogens is 295 g/mol. The average Bonchev–Trinajstić information content (AvgIpc) is 2.08. The summed E-state index contributed by atoms with van der Waals surface area (Å²) in [5.74, 6) is -2.45. The van der Waals surface area contributed by atoms with Crippen molar-refractivity contribution in [2.75, 3.05) is 5.73 Å². The zero-order chi connectivity index (χ0) is 12.5. The Morgan fingerprint density at radius 1 is 1.44 bits per heavy atom. The van der Waals surface area contributed by atoms with E-state index in [1.54, 1.807) is 0 Å². The zero-order valence-corrected chi connectivity index (χ0v) is 9.09. The van der Waals surface area contributed by atoms with Crippen molar-refractivity contribution in [2.24, 2.45) is 0 Å². The Morgan fingerprint density at radius 3 is 2.44 bits per heavy atom. The fourth-order valence-electron chi connectivity index (χ4n) is 1.00. The van der Waals surface area contributed by atoms with Crippen LogP contribution < -0.4 is 10.5 Å². The number of halogens is 4. The monoisotopic (exact) mass is 299 g/mol. The molecule has 0 radical (unpaired) electrons. The van der Waals surface area contributed by atoms with Crippen molar-refractivity contribution in [1.82, 2.24) is 0 Å². The highest BCUT2D eigenvalue weighted by Gasteiger charge is 2.33. The van der Waals surface area contributed by atoms with Gasteiger partial charge in [0, 0.05) is 4.47 Å². The second kappa shape index (κ2) is 4.20. The molecule has 0 spiro atoms. The first-order valence-electron chi connectivity index (χ1n) is 3.79. The predicted molar refractivity (Wildman–Crippen MR) is 52.2 cm³/mol. The van der Waals surface area contributed by atoms with Gasteiger partial charge < -0.3 is 15.6 Å². The van der Waals surface area contributed by atoms with Gasteiger partial charge in [-0.25, -0.2) is 4.79 Å². The molecular formula is C8H5BrF3NO3. The van der Waals surface area contributed by atoms with Crippen LogP contribution in [0.15, 0.2) is 16.6 Å². The van der Waals surface area contributed by atoms with Gasteiger partial charge in [0.1, 0.15) is 11.3 Å². The molecule has 0 aliphatic carbocycles. The molecule has 0 fully saturated rings. The molecule has 0 atom stereocenters. The quantitative estimate of drug-likeness (QED) is 0.824. The van der Waals surface area contributed by atoms with E-state index in [0.717, 1.165) is 6.07 Å². The molecule has 3 N–H and O–H groups in total. The highest BCUT2D eigenvalue weighted by molar-refractivity contribution is 9.10. The normalized spacial score (nSPS) is 11.2. The minimum absolute atomic E-state index is 0.180. The van der Waals surface area contributed by atoms with Crippen molar-refractivity contribution in [3.63, 3.8) is 0 Å². The summed E-state index contributed by atoms with van der Waals surface area (Å²) >= 11 is 2.90. The largest absolute Gasteiger partial charge is 0.573 e. The first kappa shape index (κ1) is 12.6. The Labute approximate surface area is 95.9 Å². The van der Waals surface area contributed by atoms with Gasteiger partial charge in [-0.3, -0.25) is 0 Å². The number of hydrogen-bond donors (Lipinski definition) is 2. The van der Waals surface area contributed by atoms with Crippen LogP contribution in [0.25, 0.3) is 0 Å². The van der Waals surface area contributed by atoms with Gasteiger partial charge >= 0.3 is 12.3 Å². The van der Waals surface area contributed by atoms with E-state index in [-0.39, 0.29) is 10.2 Å². The first-order valence-corrected chi connectivity index (χ1v) is 4.58. The third-order valence-corrected chi connectivity index (χ3v) is 2.29. The molecule has 0 saturated heterocycles. The number of rotatable bonds is 2. The number of nitrogen functional groups attached to an aromatic ring is 1. The molecule has 0 aliphatic rings. The molecule has 0 aromatic heterocycles. The van der Waals surface area contributed by atoms with Crippen LogP contribution in [0.5, 0.6) is 5.75 Å². The number of alkyl halides is 3. The number of carbonyl (C=O) groups is 1. The second-order valence-corrected chi connectivity index (χ2v) is 3.54. The molecule has 1 rings (SSSR count). The molecule has 4 nitrogen and oxygen atoms in total. The van der Waals surface area contributed by atoms with E-state index >= 15 is 0 Å². The van der Waals surface area contributed by atoms with E-state index in [9.17, 15) is 18.0 Å². The summed E-state index contributed by atoms with van der Waals surface area (Å²) in [5.41, 5.74) is 4.27. The van der Waals surface area contributed by atoms with Gasteiger partial charge in [-0.05, 0) is 28.1 Å². The first-order chi connectivity index (χ1) is 7.22. The van der Waals surface area contributed by atoms with Crippen LogP contribution in [0.1, 0.15) is 10.4 Å². The molecule has 1 aromatic carbocycles. The third-order valence-electron chi connectivity index (χ3n) is 1.59. The molecule has 88 valence electrons. The van der Waals surface area contributed by atoms with E-state index in [1.807, 2.05) is 0 Å². The number of hydrogen-bond acceptors (Lipinski definition) is 3. The lowest BCUT2D eigenvalue weighted by Gasteiger charge is -2.13. The van der Waals surface area contributed by atoms with Gasteiger partial charge in [0.15, 0.2) is 0 Å². The Hall–Kier alpha value is -1.44. The lowest BCUT2D eigenvalue weighted by Crippen LogP contribution is -2.19. The number of anilines is 1. The van der Waals surface area contributed by atoms with Crippen LogP contribution >= 0.6 is 15.9 Å². The number of ether oxygens (including phenoxy) is 1. The van der Waals surface area contributed by atoms with E-state index in [1.165, 1.54) is 6.07 Å². The summed E-state index contributed by atoms with van der Waals surface area (Å²) in [4.78, 5) is 10.7. The highest BCUT2D eigenvalue weighted by Crippen LogP contribution is 2.34. The number of nitrogens with two attached hydrogens (primary N) is 1. The van der Waals surface area contributed by atoms with Crippen molar-refractivity contribution in [3.8, 4) is 5.75 Å². The third kappa shape index (κ3) is 2.78. The summed E-state index contributed by atoms with van der Waals surface area (Å²) in [7, 11) is 0. The number of aromatic carboxylic acids is 1. The molecule has 0 amide bonds. The van der Waals surface area contributed by atoms with Crippen molar-refractivity contribution in [2.45, 2.75) is 6.36 Å². The number of carboxylic acid groups (broad SMARTS) is 1. The zero-order valence-electron chi connectivity index (χ0n) is 7.51. The van der Waals surface area contributed by atoms with Gasteiger partial charge in [0.05, 0.1) is 5.69 Å². The predicted octanol–water partition coefficient (Wildman–Crippen LogP) is 2.63. The fraction of sp³-hybridized carbons (Fsp3) is 0.125. The Morgan fingerprint density at radius 2 is 2.00 bits per heavy atom. The number of carboxylic acids is 1. The average molecular weight is 300 g/mol. The molecule has 8 heteroatoms. The smallest absolute Gasteiger partial charge is 0.477 e. The fourth-order valence-corrected chi connectivity index (χ4v) is 1.33. The van der Waals surface area contributed by atoms with Gasteiger partial charge in [0.2, 0.25) is 0 Å². The topological polar surface area (TPSA) is 72.5 Å². The summed E-state index contributed by atoms with van der Waals surface area (Å²) in [6, 6.07) is 2.04. The molecule has 0 unspecified atom stereocenters. The summed E-state index contributed by atoms with van der Waals surface area (Å²) < 4.78 is 39.6. The van der Waals surface area contributed by atoms with Gasteiger partial charge in [-0.2, -0.15) is 0 Å². The Bertz CT molecular complexity index is 433. The highest BCUT2D eigenvalue weighted by atomic mass is 79.9. The van der Waals surface area contributed by atoms with Gasteiger partial charge in [0.25, 0.3) is 0 Å². The van der Waals surface area contributed by atoms with Crippen molar-refractivity contribution in [1.29, 1.82) is 0 Å². The molecule has 1 aromatic rings. The standard InChI is InChI=1S/C8H5BrF3NO3/c9-3-1-2-4(16-8(10,11)12)5(6(3)13)7(14)15/h1-2H,13H2,(H,14,15). The van der Waals surface area contributed by atoms with Gasteiger partial charge in [-0.1, -0.05) is 0 Å². The molecule has 0 aliphatic heterocycles. The van der Waals surface area contributed by atoms with E-state index < -0.39 is 23.6 Å². The van der Waals surface area contributed by atoms with Crippen molar-refractivity contribution < 1.29 is 27.8 Å². The van der Waals surface area contributed by atoms with Crippen LogP contribution in [-0.4, -0.2) is 17.4 Å². The SMILES string of the molecule is Nc1c(Br)ccc(OC(F)(F)F)c1C(=O)O. The molecule has 16 heavy (non-hydrogen) atoms. The number of benzene rings is 1. The van der Waals surface area contributed by atoms with Crippen LogP contribution in [-0.2, 0) is 0 Å². The maximum absolute atomic E-state index is 11.9. The summed E-state index contributed by atoms with van der Waals surface area (Å²) in [5, 5.41) is 8.72. The van der Waals surface area contributed by atoms with Crippen LogP contribution in [0.2, 0.25) is 0 Å². The van der Waals surface area contributed by atoms with Gasteiger partial charge in [-0.15, -0.1) is 13.2 Å². The lowest BCUT2D eigenvalue weighted by molar-refractivity contribution is -0.274. The van der Waals surface area contributed by atoms with E-state index in [4.69, 9.17) is 10.8 Å². The molecule has 0 saturated carbocycles. The lowest BCUT2D eigenvalue weighted by atomic mass is 10.1. The van der Waals surface area contributed by atoms with Crippen LogP contribution in [0, 0.1) is 0 Å². The molecule has 0 bridgehead atoms. The van der Waals surface area contributed by atoms with Crippen LogP contribution in [0.3, 0.4) is 0 Å². The van der Waals surface area contributed by atoms with Crippen LogP contribution in [0.4, 0.5) is 18.9 Å². The maximum atomic E-state index is 11.9. The summed E-state index contributed by atoms with van der Waals surface area (Å²) in [6.45, 7) is 0. The van der Waals surface area contributed by atoms with E-state index in [0.29, 0.717) is 0 Å².